The van der Waals surface area contributed by atoms with Crippen LogP contribution in [0.3, 0.4) is 0 Å². The van der Waals surface area contributed by atoms with Crippen LogP contribution in [0.4, 0.5) is 0 Å². The van der Waals surface area contributed by atoms with Crippen molar-refractivity contribution in [2.75, 3.05) is 13.7 Å². The molecule has 0 N–H and O–H groups in total. The summed E-state index contributed by atoms with van der Waals surface area (Å²) in [6.07, 6.45) is 1.71. The van der Waals surface area contributed by atoms with Crippen LogP contribution in [-0.4, -0.2) is 23.9 Å². The molecule has 0 radical (unpaired) electrons. The zero-order chi connectivity index (χ0) is 11.3. The molecule has 0 saturated heterocycles. The highest BCUT2D eigenvalue weighted by Crippen LogP contribution is 2.24. The van der Waals surface area contributed by atoms with Crippen molar-refractivity contribution in [3.05, 3.63) is 11.8 Å². The highest BCUT2D eigenvalue weighted by atomic mass is 79.9. The minimum absolute atomic E-state index is 0.163. The van der Waals surface area contributed by atoms with Crippen molar-refractivity contribution in [1.29, 1.82) is 0 Å². The third-order valence-corrected chi connectivity index (χ3v) is 3.12. The number of nitrogens with zero attached hydrogens (tertiary/aromatic N) is 2. The zero-order valence-corrected chi connectivity index (χ0v) is 11.0. The Balaban J connectivity index is 2.52. The quantitative estimate of drug-likeness (QED) is 0.750. The Morgan fingerprint density at radius 2 is 2.20 bits per heavy atom. The maximum Gasteiger partial charge on any atom is 0.230 e. The summed E-state index contributed by atoms with van der Waals surface area (Å²) in [5, 5.41) is 8.00. The average Bonchev–Trinajstić information content (AvgIpc) is 2.65. The number of hydrogen-bond acceptors (Lipinski definition) is 4. The smallest absolute Gasteiger partial charge is 0.230 e. The summed E-state index contributed by atoms with van der Waals surface area (Å²) in [7, 11) is 1.70. The van der Waals surface area contributed by atoms with Gasteiger partial charge in [0.1, 0.15) is 0 Å². The fraction of sp³-hybridized carbons (Fsp3) is 0.800. The number of halogens is 1. The van der Waals surface area contributed by atoms with Gasteiger partial charge in [0.15, 0.2) is 0 Å². The van der Waals surface area contributed by atoms with Crippen LogP contribution in [0.1, 0.15) is 36.9 Å². The topological polar surface area (TPSA) is 48.2 Å². The fourth-order valence-corrected chi connectivity index (χ4v) is 1.48. The second kappa shape index (κ2) is 6.23. The maximum absolute atomic E-state index is 5.53. The van der Waals surface area contributed by atoms with Gasteiger partial charge in [0, 0.05) is 20.1 Å². The summed E-state index contributed by atoms with van der Waals surface area (Å²) >= 11 is 3.47. The molecule has 0 bridgehead atoms. The molecule has 0 aliphatic carbocycles. The van der Waals surface area contributed by atoms with Gasteiger partial charge in [-0.1, -0.05) is 29.8 Å². The first kappa shape index (κ1) is 12.6. The lowest BCUT2D eigenvalue weighted by molar-refractivity contribution is 0.156. The van der Waals surface area contributed by atoms with Crippen molar-refractivity contribution in [1.82, 2.24) is 10.2 Å². The monoisotopic (exact) mass is 276 g/mol. The summed E-state index contributed by atoms with van der Waals surface area (Å²) in [5.41, 5.74) is 0. The SMILES string of the molecule is CCC(Br)c1nnc(CC(C)COC)o1. The molecule has 1 heterocycles. The average molecular weight is 277 g/mol. The molecule has 2 unspecified atom stereocenters. The lowest BCUT2D eigenvalue weighted by atomic mass is 10.1. The van der Waals surface area contributed by atoms with E-state index in [9.17, 15) is 0 Å². The van der Waals surface area contributed by atoms with Gasteiger partial charge in [0.2, 0.25) is 11.8 Å². The van der Waals surface area contributed by atoms with Crippen LogP contribution >= 0.6 is 15.9 Å². The molecule has 1 rings (SSSR count). The number of alkyl halides is 1. The Labute approximate surface area is 98.5 Å². The third-order valence-electron chi connectivity index (χ3n) is 2.08. The second-order valence-electron chi connectivity index (χ2n) is 3.67. The molecule has 0 aliphatic heterocycles. The van der Waals surface area contributed by atoms with Gasteiger partial charge in [-0.2, -0.15) is 0 Å². The molecule has 86 valence electrons. The van der Waals surface area contributed by atoms with E-state index in [-0.39, 0.29) is 4.83 Å². The molecule has 0 amide bonds. The van der Waals surface area contributed by atoms with Crippen LogP contribution in [0.25, 0.3) is 0 Å². The van der Waals surface area contributed by atoms with Crippen LogP contribution < -0.4 is 0 Å². The van der Waals surface area contributed by atoms with Crippen molar-refractivity contribution in [3.63, 3.8) is 0 Å². The molecule has 2 atom stereocenters. The molecule has 1 aromatic rings. The van der Waals surface area contributed by atoms with E-state index >= 15 is 0 Å². The Morgan fingerprint density at radius 3 is 2.80 bits per heavy atom. The molecule has 0 spiro atoms. The van der Waals surface area contributed by atoms with Crippen molar-refractivity contribution in [2.24, 2.45) is 5.92 Å². The molecule has 4 nitrogen and oxygen atoms in total. The van der Waals surface area contributed by atoms with Gasteiger partial charge in [-0.25, -0.2) is 0 Å². The lowest BCUT2D eigenvalue weighted by Crippen LogP contribution is -2.07. The van der Waals surface area contributed by atoms with Crippen molar-refractivity contribution in [2.45, 2.75) is 31.5 Å². The fourth-order valence-electron chi connectivity index (χ4n) is 1.29. The molecule has 5 heteroatoms. The normalized spacial score (nSPS) is 15.2. The highest BCUT2D eigenvalue weighted by Gasteiger charge is 2.15. The van der Waals surface area contributed by atoms with Gasteiger partial charge >= 0.3 is 0 Å². The Morgan fingerprint density at radius 1 is 1.47 bits per heavy atom. The molecule has 0 aromatic carbocycles. The van der Waals surface area contributed by atoms with E-state index in [1.807, 2.05) is 0 Å². The predicted octanol–water partition coefficient (Wildman–Crippen LogP) is 2.74. The van der Waals surface area contributed by atoms with E-state index in [0.29, 0.717) is 24.3 Å². The molecule has 0 saturated carbocycles. The Kier molecular flexibility index (Phi) is 5.25. The number of methoxy groups -OCH3 is 1. The van der Waals surface area contributed by atoms with E-state index < -0.39 is 0 Å². The lowest BCUT2D eigenvalue weighted by Gasteiger charge is -2.05. The van der Waals surface area contributed by atoms with Gasteiger partial charge in [0.05, 0.1) is 4.83 Å². The van der Waals surface area contributed by atoms with Gasteiger partial charge in [0.25, 0.3) is 0 Å². The summed E-state index contributed by atoms with van der Waals surface area (Å²) < 4.78 is 10.6. The number of ether oxygens (including phenoxy) is 1. The minimum atomic E-state index is 0.163. The summed E-state index contributed by atoms with van der Waals surface area (Å²) in [6, 6.07) is 0. The first-order valence-corrected chi connectivity index (χ1v) is 6.04. The van der Waals surface area contributed by atoms with Crippen LogP contribution in [0.15, 0.2) is 4.42 Å². The second-order valence-corrected chi connectivity index (χ2v) is 4.78. The minimum Gasteiger partial charge on any atom is -0.424 e. The van der Waals surface area contributed by atoms with E-state index in [4.69, 9.17) is 9.15 Å². The van der Waals surface area contributed by atoms with Gasteiger partial charge in [-0.15, -0.1) is 10.2 Å². The molecular formula is C10H17BrN2O2. The molecule has 15 heavy (non-hydrogen) atoms. The standard InChI is InChI=1S/C10H17BrN2O2/c1-4-8(11)10-13-12-9(15-10)5-7(2)6-14-3/h7-8H,4-6H2,1-3H3. The largest absolute Gasteiger partial charge is 0.424 e. The van der Waals surface area contributed by atoms with Crippen LogP contribution in [-0.2, 0) is 11.2 Å². The van der Waals surface area contributed by atoms with Gasteiger partial charge in [-0.3, -0.25) is 0 Å². The van der Waals surface area contributed by atoms with E-state index in [2.05, 4.69) is 40.0 Å². The first-order chi connectivity index (χ1) is 7.17. The molecule has 0 aliphatic rings. The van der Waals surface area contributed by atoms with Gasteiger partial charge in [-0.05, 0) is 12.3 Å². The third kappa shape index (κ3) is 3.91. The van der Waals surface area contributed by atoms with Crippen LogP contribution in [0, 0.1) is 5.92 Å². The summed E-state index contributed by atoms with van der Waals surface area (Å²) in [5.74, 6) is 1.75. The number of rotatable bonds is 6. The predicted molar refractivity (Wildman–Crippen MR) is 61.0 cm³/mol. The van der Waals surface area contributed by atoms with E-state index in [1.165, 1.54) is 0 Å². The van der Waals surface area contributed by atoms with Gasteiger partial charge < -0.3 is 9.15 Å². The van der Waals surface area contributed by atoms with E-state index in [0.717, 1.165) is 12.8 Å². The zero-order valence-electron chi connectivity index (χ0n) is 9.36. The number of hydrogen-bond donors (Lipinski definition) is 0. The molecule has 1 aromatic heterocycles. The Hall–Kier alpha value is -0.420. The first-order valence-electron chi connectivity index (χ1n) is 5.12. The molecule has 0 fully saturated rings. The molecular weight excluding hydrogens is 260 g/mol. The Bertz CT molecular complexity index is 291. The number of aromatic nitrogens is 2. The van der Waals surface area contributed by atoms with Crippen LogP contribution in [0.2, 0.25) is 0 Å². The maximum atomic E-state index is 5.53. The summed E-state index contributed by atoms with van der Waals surface area (Å²) in [4.78, 5) is 0.163. The van der Waals surface area contributed by atoms with Crippen molar-refractivity contribution >= 4 is 15.9 Å². The van der Waals surface area contributed by atoms with Crippen molar-refractivity contribution in [3.8, 4) is 0 Å². The van der Waals surface area contributed by atoms with E-state index in [1.54, 1.807) is 7.11 Å². The highest BCUT2D eigenvalue weighted by molar-refractivity contribution is 9.09. The van der Waals surface area contributed by atoms with Crippen molar-refractivity contribution < 1.29 is 9.15 Å². The summed E-state index contributed by atoms with van der Waals surface area (Å²) in [6.45, 7) is 4.87. The van der Waals surface area contributed by atoms with Crippen LogP contribution in [0.5, 0.6) is 0 Å².